The van der Waals surface area contributed by atoms with Crippen LogP contribution in [-0.4, -0.2) is 30.2 Å². The number of carbonyl (C=O) groups is 2. The molecular weight excluding hydrogens is 244 g/mol. The van der Waals surface area contributed by atoms with Crippen LogP contribution in [0.15, 0.2) is 24.3 Å². The summed E-state index contributed by atoms with van der Waals surface area (Å²) in [5, 5.41) is 11.8. The van der Waals surface area contributed by atoms with E-state index >= 15 is 0 Å². The van der Waals surface area contributed by atoms with Crippen LogP contribution in [0.4, 0.5) is 10.5 Å². The number of amides is 2. The van der Waals surface area contributed by atoms with Gasteiger partial charge in [0.05, 0.1) is 6.42 Å². The lowest BCUT2D eigenvalue weighted by atomic mass is 9.80. The Bertz CT molecular complexity index is 511. The third kappa shape index (κ3) is 2.70. The molecule has 1 aromatic carbocycles. The van der Waals surface area contributed by atoms with Crippen LogP contribution in [0.1, 0.15) is 25.8 Å². The zero-order valence-electron chi connectivity index (χ0n) is 11.1. The van der Waals surface area contributed by atoms with E-state index in [2.05, 4.69) is 5.32 Å². The fraction of sp³-hybridized carbons (Fsp3) is 0.429. The van der Waals surface area contributed by atoms with Gasteiger partial charge in [-0.1, -0.05) is 32.0 Å². The zero-order chi connectivity index (χ0) is 14.0. The van der Waals surface area contributed by atoms with Crippen molar-refractivity contribution in [2.45, 2.75) is 25.7 Å². The first kappa shape index (κ1) is 13.4. The molecule has 5 heteroatoms. The van der Waals surface area contributed by atoms with E-state index in [1.54, 1.807) is 4.90 Å². The standard InChI is InChI=1S/C14H18N2O3/c1-14(2,9-12(17)18)10-5-3-4-6-11(10)16-8-7-15-13(16)19/h3-6H,7-9H2,1-2H3,(H,15,19)(H,17,18). The molecule has 0 aliphatic carbocycles. The highest BCUT2D eigenvalue weighted by molar-refractivity contribution is 5.95. The molecule has 2 rings (SSSR count). The van der Waals surface area contributed by atoms with Crippen molar-refractivity contribution in [3.05, 3.63) is 29.8 Å². The smallest absolute Gasteiger partial charge is 0.322 e. The molecule has 1 fully saturated rings. The maximum atomic E-state index is 11.8. The Morgan fingerprint density at radius 1 is 1.42 bits per heavy atom. The van der Waals surface area contributed by atoms with Gasteiger partial charge in [-0.2, -0.15) is 0 Å². The Morgan fingerprint density at radius 2 is 2.11 bits per heavy atom. The lowest BCUT2D eigenvalue weighted by molar-refractivity contribution is -0.138. The summed E-state index contributed by atoms with van der Waals surface area (Å²) in [6, 6.07) is 7.37. The molecule has 0 radical (unpaired) electrons. The van der Waals surface area contributed by atoms with Crippen LogP contribution < -0.4 is 10.2 Å². The van der Waals surface area contributed by atoms with Crippen LogP contribution >= 0.6 is 0 Å². The molecule has 0 bridgehead atoms. The number of carboxylic acids is 1. The van der Waals surface area contributed by atoms with Crippen molar-refractivity contribution in [2.75, 3.05) is 18.0 Å². The first-order valence-corrected chi connectivity index (χ1v) is 6.28. The minimum atomic E-state index is -0.842. The van der Waals surface area contributed by atoms with E-state index < -0.39 is 11.4 Å². The van der Waals surface area contributed by atoms with Crippen molar-refractivity contribution >= 4 is 17.7 Å². The number of rotatable bonds is 4. The summed E-state index contributed by atoms with van der Waals surface area (Å²) >= 11 is 0. The Hall–Kier alpha value is -2.04. The number of nitrogens with zero attached hydrogens (tertiary/aromatic N) is 1. The van der Waals surface area contributed by atoms with Gasteiger partial charge in [0, 0.05) is 24.2 Å². The van der Waals surface area contributed by atoms with Crippen molar-refractivity contribution < 1.29 is 14.7 Å². The lowest BCUT2D eigenvalue weighted by Crippen LogP contribution is -2.31. The maximum absolute atomic E-state index is 11.8. The second kappa shape index (κ2) is 4.91. The van der Waals surface area contributed by atoms with E-state index in [4.69, 9.17) is 5.11 Å². The number of nitrogens with one attached hydrogen (secondary N) is 1. The van der Waals surface area contributed by atoms with Gasteiger partial charge in [-0.25, -0.2) is 4.79 Å². The Kier molecular flexibility index (Phi) is 3.46. The second-order valence-corrected chi connectivity index (χ2v) is 5.36. The highest BCUT2D eigenvalue weighted by Gasteiger charge is 2.31. The van der Waals surface area contributed by atoms with Gasteiger partial charge in [-0.15, -0.1) is 0 Å². The van der Waals surface area contributed by atoms with Crippen LogP contribution in [-0.2, 0) is 10.2 Å². The van der Waals surface area contributed by atoms with Crippen molar-refractivity contribution in [1.82, 2.24) is 5.32 Å². The minimum Gasteiger partial charge on any atom is -0.481 e. The summed E-state index contributed by atoms with van der Waals surface area (Å²) in [7, 11) is 0. The fourth-order valence-corrected chi connectivity index (χ4v) is 2.46. The normalized spacial score (nSPS) is 15.5. The highest BCUT2D eigenvalue weighted by Crippen LogP contribution is 2.35. The summed E-state index contributed by atoms with van der Waals surface area (Å²) in [5.41, 5.74) is 1.16. The molecule has 1 saturated heterocycles. The van der Waals surface area contributed by atoms with Gasteiger partial charge < -0.3 is 10.4 Å². The number of aliphatic carboxylic acids is 1. The average Bonchev–Trinajstić information content (AvgIpc) is 2.74. The molecule has 1 aliphatic rings. The molecule has 2 N–H and O–H groups in total. The van der Waals surface area contributed by atoms with E-state index in [1.165, 1.54) is 0 Å². The van der Waals surface area contributed by atoms with Gasteiger partial charge in [0.2, 0.25) is 0 Å². The largest absolute Gasteiger partial charge is 0.481 e. The molecule has 1 heterocycles. The number of carboxylic acid groups (broad SMARTS) is 1. The molecule has 102 valence electrons. The number of carbonyl (C=O) groups excluding carboxylic acids is 1. The second-order valence-electron chi connectivity index (χ2n) is 5.36. The number of hydrogen-bond acceptors (Lipinski definition) is 2. The van der Waals surface area contributed by atoms with Gasteiger partial charge in [0.25, 0.3) is 0 Å². The predicted octanol–water partition coefficient (Wildman–Crippen LogP) is 1.97. The predicted molar refractivity (Wildman–Crippen MR) is 72.5 cm³/mol. The molecule has 0 atom stereocenters. The van der Waals surface area contributed by atoms with Gasteiger partial charge in [0.15, 0.2) is 0 Å². The molecular formula is C14H18N2O3. The minimum absolute atomic E-state index is 0.0273. The Balaban J connectivity index is 2.41. The molecule has 19 heavy (non-hydrogen) atoms. The zero-order valence-corrected chi connectivity index (χ0v) is 11.1. The topological polar surface area (TPSA) is 69.6 Å². The Morgan fingerprint density at radius 3 is 2.68 bits per heavy atom. The van der Waals surface area contributed by atoms with Crippen LogP contribution in [0.2, 0.25) is 0 Å². The number of benzene rings is 1. The third-order valence-electron chi connectivity index (χ3n) is 3.37. The summed E-state index contributed by atoms with van der Waals surface area (Å²) in [4.78, 5) is 24.4. The lowest BCUT2D eigenvalue weighted by Gasteiger charge is -2.29. The summed E-state index contributed by atoms with van der Waals surface area (Å²) in [5.74, 6) is -0.842. The third-order valence-corrected chi connectivity index (χ3v) is 3.37. The molecule has 5 nitrogen and oxygen atoms in total. The van der Waals surface area contributed by atoms with Crippen LogP contribution in [0.25, 0.3) is 0 Å². The van der Waals surface area contributed by atoms with Crippen LogP contribution in [0, 0.1) is 0 Å². The van der Waals surface area contributed by atoms with E-state index in [0.29, 0.717) is 13.1 Å². The number of hydrogen-bond donors (Lipinski definition) is 2. The van der Waals surface area contributed by atoms with E-state index in [-0.39, 0.29) is 12.5 Å². The van der Waals surface area contributed by atoms with Gasteiger partial charge in [-0.05, 0) is 11.6 Å². The monoisotopic (exact) mass is 262 g/mol. The van der Waals surface area contributed by atoms with Crippen LogP contribution in [0.3, 0.4) is 0 Å². The Labute approximate surface area is 112 Å². The molecule has 0 unspecified atom stereocenters. The SMILES string of the molecule is CC(C)(CC(=O)O)c1ccccc1N1CCNC1=O. The van der Waals surface area contributed by atoms with E-state index in [9.17, 15) is 9.59 Å². The van der Waals surface area contributed by atoms with Gasteiger partial charge in [0.1, 0.15) is 0 Å². The van der Waals surface area contributed by atoms with Crippen LogP contribution in [0.5, 0.6) is 0 Å². The van der Waals surface area contributed by atoms with Crippen molar-refractivity contribution in [1.29, 1.82) is 0 Å². The maximum Gasteiger partial charge on any atom is 0.322 e. The van der Waals surface area contributed by atoms with Crippen molar-refractivity contribution in [3.8, 4) is 0 Å². The number of para-hydroxylation sites is 1. The molecule has 1 aromatic rings. The fourth-order valence-electron chi connectivity index (χ4n) is 2.46. The average molecular weight is 262 g/mol. The van der Waals surface area contributed by atoms with Gasteiger partial charge >= 0.3 is 12.0 Å². The molecule has 1 aliphatic heterocycles. The first-order valence-electron chi connectivity index (χ1n) is 6.28. The van der Waals surface area contributed by atoms with E-state index in [0.717, 1.165) is 11.3 Å². The summed E-state index contributed by atoms with van der Waals surface area (Å²) in [6.45, 7) is 4.99. The number of anilines is 1. The number of urea groups is 1. The van der Waals surface area contributed by atoms with Crippen molar-refractivity contribution in [3.63, 3.8) is 0 Å². The quantitative estimate of drug-likeness (QED) is 0.871. The van der Waals surface area contributed by atoms with Crippen molar-refractivity contribution in [2.24, 2.45) is 0 Å². The van der Waals surface area contributed by atoms with E-state index in [1.807, 2.05) is 38.1 Å². The molecule has 0 saturated carbocycles. The molecule has 0 aromatic heterocycles. The molecule has 2 amide bonds. The highest BCUT2D eigenvalue weighted by atomic mass is 16.4. The first-order chi connectivity index (χ1) is 8.92. The van der Waals surface area contributed by atoms with Gasteiger partial charge in [-0.3, -0.25) is 9.69 Å². The summed E-state index contributed by atoms with van der Waals surface area (Å²) < 4.78 is 0. The molecule has 0 spiro atoms. The summed E-state index contributed by atoms with van der Waals surface area (Å²) in [6.07, 6.45) is 0.0273.